The monoisotopic (exact) mass is 464 g/mol. The van der Waals surface area contributed by atoms with Crippen LogP contribution in [-0.4, -0.2) is 31.2 Å². The zero-order chi connectivity index (χ0) is 23.3. The van der Waals surface area contributed by atoms with Gasteiger partial charge in [-0.1, -0.05) is 30.8 Å². The first kappa shape index (κ1) is 22.1. The molecule has 0 spiro atoms. The molecular formula is C22H19F3N2O4S. The zero-order valence-electron chi connectivity index (χ0n) is 16.8. The maximum absolute atomic E-state index is 13.3. The number of halogens is 3. The van der Waals surface area contributed by atoms with Crippen LogP contribution in [0.25, 0.3) is 0 Å². The number of alkyl halides is 3. The molecule has 2 aromatic carbocycles. The normalized spacial score (nSPS) is 19.2. The molecule has 0 aromatic heterocycles. The smallest absolute Gasteiger partial charge is 0.329 e. The molecule has 1 atom stereocenters. The van der Waals surface area contributed by atoms with Crippen LogP contribution < -0.4 is 5.32 Å². The lowest BCUT2D eigenvalue weighted by atomic mass is 10.0. The molecule has 2 heterocycles. The minimum absolute atomic E-state index is 0.192. The lowest BCUT2D eigenvalue weighted by Crippen LogP contribution is -2.49. The van der Waals surface area contributed by atoms with Crippen LogP contribution in [0.15, 0.2) is 59.6 Å². The predicted molar refractivity (Wildman–Crippen MR) is 109 cm³/mol. The third-order valence-electron chi connectivity index (χ3n) is 5.59. The van der Waals surface area contributed by atoms with E-state index >= 15 is 0 Å². The number of hydrogen-bond acceptors (Lipinski definition) is 4. The Hall–Kier alpha value is -3.14. The first-order chi connectivity index (χ1) is 15.0. The number of amides is 2. The van der Waals surface area contributed by atoms with Gasteiger partial charge in [0.05, 0.1) is 16.2 Å². The maximum atomic E-state index is 13.3. The van der Waals surface area contributed by atoms with Gasteiger partial charge in [-0.15, -0.1) is 0 Å². The molecule has 1 unspecified atom stereocenters. The van der Waals surface area contributed by atoms with Gasteiger partial charge in [-0.2, -0.15) is 13.2 Å². The SMILES string of the molecule is C=C1CCC(N2Cc3ccc(CS(=O)(=O)c4ccccc4C(F)(F)F)cc3C2=O)C(=O)N1. The third kappa shape index (κ3) is 4.02. The molecule has 2 aliphatic heterocycles. The van der Waals surface area contributed by atoms with Crippen molar-refractivity contribution in [1.82, 2.24) is 10.2 Å². The van der Waals surface area contributed by atoms with Crippen molar-refractivity contribution in [3.63, 3.8) is 0 Å². The van der Waals surface area contributed by atoms with Gasteiger partial charge in [0.15, 0.2) is 9.84 Å². The summed E-state index contributed by atoms with van der Waals surface area (Å²) in [6, 6.07) is 7.78. The Balaban J connectivity index is 1.60. The van der Waals surface area contributed by atoms with Crippen molar-refractivity contribution in [1.29, 1.82) is 0 Å². The Morgan fingerprint density at radius 3 is 2.53 bits per heavy atom. The van der Waals surface area contributed by atoms with Crippen LogP contribution in [0.3, 0.4) is 0 Å². The topological polar surface area (TPSA) is 83.6 Å². The number of hydrogen-bond donors (Lipinski definition) is 1. The fourth-order valence-electron chi connectivity index (χ4n) is 4.04. The van der Waals surface area contributed by atoms with Gasteiger partial charge in [0, 0.05) is 17.8 Å². The molecule has 1 N–H and O–H groups in total. The highest BCUT2D eigenvalue weighted by Gasteiger charge is 2.39. The molecule has 1 fully saturated rings. The number of sulfone groups is 1. The summed E-state index contributed by atoms with van der Waals surface area (Å²) in [5.74, 6) is -1.43. The lowest BCUT2D eigenvalue weighted by molar-refractivity contribution is -0.139. The summed E-state index contributed by atoms with van der Waals surface area (Å²) in [6.07, 6.45) is -3.84. The van der Waals surface area contributed by atoms with Gasteiger partial charge in [-0.05, 0) is 42.2 Å². The molecule has 6 nitrogen and oxygen atoms in total. The summed E-state index contributed by atoms with van der Waals surface area (Å²) in [7, 11) is -4.33. The third-order valence-corrected chi connectivity index (χ3v) is 7.33. The molecule has 32 heavy (non-hydrogen) atoms. The first-order valence-electron chi connectivity index (χ1n) is 9.78. The molecule has 2 aromatic rings. The van der Waals surface area contributed by atoms with E-state index in [4.69, 9.17) is 0 Å². The molecule has 0 bridgehead atoms. The van der Waals surface area contributed by atoms with Gasteiger partial charge in [-0.25, -0.2) is 8.42 Å². The van der Waals surface area contributed by atoms with E-state index in [0.717, 1.165) is 18.2 Å². The Morgan fingerprint density at radius 2 is 1.84 bits per heavy atom. The summed E-state index contributed by atoms with van der Waals surface area (Å²) in [6.45, 7) is 3.91. The average molecular weight is 464 g/mol. The Bertz CT molecular complexity index is 1240. The van der Waals surface area contributed by atoms with Crippen molar-refractivity contribution in [3.8, 4) is 0 Å². The summed E-state index contributed by atoms with van der Waals surface area (Å²) in [5, 5.41) is 2.63. The van der Waals surface area contributed by atoms with Gasteiger partial charge >= 0.3 is 6.18 Å². The fourth-order valence-corrected chi connectivity index (χ4v) is 5.62. The molecule has 1 saturated heterocycles. The molecule has 168 valence electrons. The zero-order valence-corrected chi connectivity index (χ0v) is 17.6. The molecule has 4 rings (SSSR count). The first-order valence-corrected chi connectivity index (χ1v) is 11.4. The van der Waals surface area contributed by atoms with Crippen molar-refractivity contribution in [2.45, 2.75) is 42.3 Å². The molecule has 0 saturated carbocycles. The van der Waals surface area contributed by atoms with Crippen LogP contribution in [-0.2, 0) is 33.1 Å². The number of carbonyl (C=O) groups excluding carboxylic acids is 2. The second-order valence-corrected chi connectivity index (χ2v) is 9.78. The highest BCUT2D eigenvalue weighted by molar-refractivity contribution is 7.90. The van der Waals surface area contributed by atoms with Crippen LogP contribution in [0.5, 0.6) is 0 Å². The minimum Gasteiger partial charge on any atom is -0.329 e. The van der Waals surface area contributed by atoms with Gasteiger partial charge in [0.1, 0.15) is 6.04 Å². The van der Waals surface area contributed by atoms with Gasteiger partial charge in [-0.3, -0.25) is 9.59 Å². The summed E-state index contributed by atoms with van der Waals surface area (Å²) in [5.41, 5.74) is 0.427. The van der Waals surface area contributed by atoms with Crippen molar-refractivity contribution < 1.29 is 31.2 Å². The minimum atomic E-state index is -4.82. The fraction of sp³-hybridized carbons (Fsp3) is 0.273. The van der Waals surface area contributed by atoms with Crippen molar-refractivity contribution in [3.05, 3.63) is 77.0 Å². The number of fused-ring (bicyclic) bond motifs is 1. The van der Waals surface area contributed by atoms with Crippen LogP contribution in [0.2, 0.25) is 0 Å². The Kier molecular flexibility index (Phi) is 5.36. The van der Waals surface area contributed by atoms with Gasteiger partial charge in [0.2, 0.25) is 5.91 Å². The van der Waals surface area contributed by atoms with Gasteiger partial charge < -0.3 is 10.2 Å². The molecule has 0 radical (unpaired) electrons. The largest absolute Gasteiger partial charge is 0.417 e. The highest BCUT2D eigenvalue weighted by Crippen LogP contribution is 2.35. The summed E-state index contributed by atoms with van der Waals surface area (Å²) in [4.78, 5) is 25.8. The van der Waals surface area contributed by atoms with Crippen molar-refractivity contribution in [2.24, 2.45) is 0 Å². The van der Waals surface area contributed by atoms with Crippen LogP contribution in [0.1, 0.15) is 39.9 Å². The number of piperidine rings is 1. The quantitative estimate of drug-likeness (QED) is 0.752. The van der Waals surface area contributed by atoms with Crippen LogP contribution in [0.4, 0.5) is 13.2 Å². The highest BCUT2D eigenvalue weighted by atomic mass is 32.2. The van der Waals surface area contributed by atoms with E-state index in [2.05, 4.69) is 11.9 Å². The average Bonchev–Trinajstić information content (AvgIpc) is 3.03. The van der Waals surface area contributed by atoms with Gasteiger partial charge in [0.25, 0.3) is 5.91 Å². The van der Waals surface area contributed by atoms with E-state index in [-0.39, 0.29) is 23.6 Å². The summed E-state index contributed by atoms with van der Waals surface area (Å²) < 4.78 is 65.4. The van der Waals surface area contributed by atoms with E-state index in [1.165, 1.54) is 23.1 Å². The number of nitrogens with zero attached hydrogens (tertiary/aromatic N) is 1. The lowest BCUT2D eigenvalue weighted by Gasteiger charge is -2.30. The summed E-state index contributed by atoms with van der Waals surface area (Å²) >= 11 is 0. The molecular weight excluding hydrogens is 445 g/mol. The molecule has 10 heteroatoms. The van der Waals surface area contributed by atoms with Crippen molar-refractivity contribution in [2.75, 3.05) is 0 Å². The molecule has 2 aliphatic rings. The van der Waals surface area contributed by atoms with Crippen molar-refractivity contribution >= 4 is 21.7 Å². The van der Waals surface area contributed by atoms with Crippen LogP contribution in [0, 0.1) is 0 Å². The van der Waals surface area contributed by atoms with Crippen LogP contribution >= 0.6 is 0 Å². The number of rotatable bonds is 4. The predicted octanol–water partition coefficient (Wildman–Crippen LogP) is 3.43. The van der Waals surface area contributed by atoms with E-state index < -0.39 is 44.2 Å². The number of carbonyl (C=O) groups is 2. The molecule has 2 amide bonds. The molecule has 0 aliphatic carbocycles. The van der Waals surface area contributed by atoms with E-state index in [1.807, 2.05) is 0 Å². The van der Waals surface area contributed by atoms with E-state index in [9.17, 15) is 31.2 Å². The van der Waals surface area contributed by atoms with E-state index in [1.54, 1.807) is 6.07 Å². The standard InChI is InChI=1S/C22H19F3N2O4S/c1-13-6-9-18(20(28)26-13)27-11-15-8-7-14(10-16(15)21(27)29)12-32(30,31)19-5-3-2-4-17(19)22(23,24)25/h2-5,7-8,10,18H,1,6,9,11-12H2,(H,26,28). The number of nitrogens with one attached hydrogen (secondary N) is 1. The number of benzene rings is 2. The Labute approximate surface area is 182 Å². The van der Waals surface area contributed by atoms with E-state index in [0.29, 0.717) is 24.1 Å². The maximum Gasteiger partial charge on any atom is 0.417 e. The Morgan fingerprint density at radius 1 is 1.12 bits per heavy atom. The number of allylic oxidation sites excluding steroid dienone is 1. The second kappa shape index (κ2) is 7.77. The second-order valence-electron chi connectivity index (χ2n) is 7.82.